The van der Waals surface area contributed by atoms with Gasteiger partial charge in [0, 0.05) is 39.4 Å². The van der Waals surface area contributed by atoms with E-state index in [0.29, 0.717) is 13.2 Å². The highest BCUT2D eigenvalue weighted by Crippen LogP contribution is 2.29. The van der Waals surface area contributed by atoms with Crippen LogP contribution in [0.25, 0.3) is 0 Å². The van der Waals surface area contributed by atoms with Gasteiger partial charge in [-0.05, 0) is 13.0 Å². The molecule has 1 atom stereocenters. The zero-order chi connectivity index (χ0) is 14.6. The fraction of sp³-hybridized carbons (Fsp3) is 0.600. The van der Waals surface area contributed by atoms with Crippen LogP contribution < -0.4 is 10.5 Å². The molecule has 112 valence electrons. The summed E-state index contributed by atoms with van der Waals surface area (Å²) < 4.78 is 16.7. The fourth-order valence-corrected chi connectivity index (χ4v) is 2.74. The molecule has 2 rings (SSSR count). The second-order valence-corrected chi connectivity index (χ2v) is 5.24. The molecule has 1 aliphatic rings. The van der Waals surface area contributed by atoms with Crippen molar-refractivity contribution in [3.8, 4) is 5.75 Å². The summed E-state index contributed by atoms with van der Waals surface area (Å²) in [6, 6.07) is 8.10. The average Bonchev–Trinajstić information content (AvgIpc) is 2.70. The van der Waals surface area contributed by atoms with E-state index in [9.17, 15) is 0 Å². The molecule has 0 spiro atoms. The lowest BCUT2D eigenvalue weighted by Gasteiger charge is -2.43. The van der Waals surface area contributed by atoms with Gasteiger partial charge in [-0.25, -0.2) is 0 Å². The number of hydrogen-bond donors (Lipinski definition) is 1. The Balaban J connectivity index is 2.27. The molecule has 20 heavy (non-hydrogen) atoms. The third kappa shape index (κ3) is 2.81. The summed E-state index contributed by atoms with van der Waals surface area (Å²) in [7, 11) is 3.29. The molecule has 0 fully saturated rings. The molecule has 5 nitrogen and oxygen atoms in total. The van der Waals surface area contributed by atoms with E-state index in [-0.39, 0.29) is 6.29 Å². The van der Waals surface area contributed by atoms with Gasteiger partial charge in [0.15, 0.2) is 6.29 Å². The standard InChI is InChI=1S/C15H24N2O3/c1-15(11-16,14(18-2)19-3)17-8-9-20-13-7-5-4-6-12(13)10-17/h4-7,14H,8-11,16H2,1-3H3. The number of nitrogens with zero attached hydrogens (tertiary/aromatic N) is 1. The molecular weight excluding hydrogens is 256 g/mol. The molecule has 1 unspecified atom stereocenters. The Hall–Kier alpha value is -1.14. The minimum Gasteiger partial charge on any atom is -0.492 e. The number of ether oxygens (including phenoxy) is 3. The van der Waals surface area contributed by atoms with Crippen LogP contribution in [0.3, 0.4) is 0 Å². The average molecular weight is 280 g/mol. The van der Waals surface area contributed by atoms with Gasteiger partial charge in [0.1, 0.15) is 12.4 Å². The highest BCUT2D eigenvalue weighted by atomic mass is 16.7. The molecule has 5 heteroatoms. The number of methoxy groups -OCH3 is 2. The Labute approximate surface area is 120 Å². The van der Waals surface area contributed by atoms with Crippen molar-refractivity contribution >= 4 is 0 Å². The molecule has 2 N–H and O–H groups in total. The molecule has 1 aliphatic heterocycles. The highest BCUT2D eigenvalue weighted by Gasteiger charge is 2.40. The molecule has 0 saturated carbocycles. The summed E-state index contributed by atoms with van der Waals surface area (Å²) in [5.41, 5.74) is 6.78. The molecule has 0 amide bonds. The van der Waals surface area contributed by atoms with E-state index in [0.717, 1.165) is 24.4 Å². The molecule has 1 aromatic rings. The van der Waals surface area contributed by atoms with Crippen molar-refractivity contribution in [3.63, 3.8) is 0 Å². The van der Waals surface area contributed by atoms with Crippen LogP contribution in [-0.4, -0.2) is 50.6 Å². The number of fused-ring (bicyclic) bond motifs is 1. The first kappa shape index (κ1) is 15.3. The van der Waals surface area contributed by atoms with Gasteiger partial charge in [-0.1, -0.05) is 18.2 Å². The number of hydrogen-bond acceptors (Lipinski definition) is 5. The van der Waals surface area contributed by atoms with Crippen LogP contribution in [-0.2, 0) is 16.0 Å². The van der Waals surface area contributed by atoms with E-state index >= 15 is 0 Å². The highest BCUT2D eigenvalue weighted by molar-refractivity contribution is 5.34. The van der Waals surface area contributed by atoms with Crippen molar-refractivity contribution in [3.05, 3.63) is 29.8 Å². The van der Waals surface area contributed by atoms with Crippen molar-refractivity contribution < 1.29 is 14.2 Å². The number of rotatable bonds is 5. The first-order valence-corrected chi connectivity index (χ1v) is 6.87. The topological polar surface area (TPSA) is 57.0 Å². The monoisotopic (exact) mass is 280 g/mol. The van der Waals surface area contributed by atoms with Gasteiger partial charge >= 0.3 is 0 Å². The lowest BCUT2D eigenvalue weighted by molar-refractivity contribution is -0.183. The summed E-state index contributed by atoms with van der Waals surface area (Å²) >= 11 is 0. The maximum atomic E-state index is 6.02. The Kier molecular flexibility index (Phi) is 4.99. The van der Waals surface area contributed by atoms with Crippen LogP contribution >= 0.6 is 0 Å². The van der Waals surface area contributed by atoms with E-state index in [2.05, 4.69) is 17.9 Å². The minimum atomic E-state index is -0.399. The third-order valence-corrected chi connectivity index (χ3v) is 4.02. The lowest BCUT2D eigenvalue weighted by Crippen LogP contribution is -2.60. The maximum absolute atomic E-state index is 6.02. The van der Waals surface area contributed by atoms with Crippen molar-refractivity contribution in [2.75, 3.05) is 33.9 Å². The Morgan fingerprint density at radius 1 is 1.35 bits per heavy atom. The van der Waals surface area contributed by atoms with Gasteiger partial charge in [-0.2, -0.15) is 0 Å². The van der Waals surface area contributed by atoms with E-state index in [1.54, 1.807) is 14.2 Å². The van der Waals surface area contributed by atoms with E-state index < -0.39 is 5.54 Å². The summed E-state index contributed by atoms with van der Waals surface area (Å²) in [6.07, 6.45) is -0.377. The van der Waals surface area contributed by atoms with Crippen molar-refractivity contribution in [1.29, 1.82) is 0 Å². The van der Waals surface area contributed by atoms with Gasteiger partial charge in [0.05, 0.1) is 5.54 Å². The quantitative estimate of drug-likeness (QED) is 0.822. The van der Waals surface area contributed by atoms with Crippen LogP contribution in [0.15, 0.2) is 24.3 Å². The Morgan fingerprint density at radius 3 is 2.70 bits per heavy atom. The second-order valence-electron chi connectivity index (χ2n) is 5.24. The lowest BCUT2D eigenvalue weighted by atomic mass is 9.97. The largest absolute Gasteiger partial charge is 0.492 e. The van der Waals surface area contributed by atoms with Crippen LogP contribution in [0.2, 0.25) is 0 Å². The maximum Gasteiger partial charge on any atom is 0.176 e. The molecule has 1 heterocycles. The summed E-state index contributed by atoms with van der Waals surface area (Å²) in [5, 5.41) is 0. The predicted octanol–water partition coefficient (Wildman–Crippen LogP) is 1.22. The number of para-hydroxylation sites is 1. The number of benzene rings is 1. The van der Waals surface area contributed by atoms with Gasteiger partial charge in [-0.15, -0.1) is 0 Å². The van der Waals surface area contributed by atoms with E-state index in [1.165, 1.54) is 0 Å². The first-order chi connectivity index (χ1) is 9.65. The van der Waals surface area contributed by atoms with E-state index in [1.807, 2.05) is 18.2 Å². The fourth-order valence-electron chi connectivity index (χ4n) is 2.74. The summed E-state index contributed by atoms with van der Waals surface area (Å²) in [4.78, 5) is 2.27. The number of nitrogens with two attached hydrogens (primary N) is 1. The first-order valence-electron chi connectivity index (χ1n) is 6.87. The molecule has 0 aliphatic carbocycles. The van der Waals surface area contributed by atoms with Crippen LogP contribution in [0.1, 0.15) is 12.5 Å². The van der Waals surface area contributed by atoms with Gasteiger partial charge in [0.2, 0.25) is 0 Å². The molecule has 0 saturated heterocycles. The zero-order valence-corrected chi connectivity index (χ0v) is 12.5. The van der Waals surface area contributed by atoms with Gasteiger partial charge in [-0.3, -0.25) is 4.90 Å². The summed E-state index contributed by atoms with van der Waals surface area (Å²) in [6.45, 7) is 4.70. The Bertz CT molecular complexity index is 437. The van der Waals surface area contributed by atoms with Crippen LogP contribution in [0, 0.1) is 0 Å². The Morgan fingerprint density at radius 2 is 2.05 bits per heavy atom. The van der Waals surface area contributed by atoms with Crippen molar-refractivity contribution in [2.24, 2.45) is 5.73 Å². The van der Waals surface area contributed by atoms with Crippen LogP contribution in [0.5, 0.6) is 5.75 Å². The predicted molar refractivity (Wildman–Crippen MR) is 77.6 cm³/mol. The minimum absolute atomic E-state index is 0.377. The smallest absolute Gasteiger partial charge is 0.176 e. The SMILES string of the molecule is COC(OC)C(C)(CN)N1CCOc2ccccc2C1. The van der Waals surface area contributed by atoms with Crippen LogP contribution in [0.4, 0.5) is 0 Å². The molecule has 1 aromatic carbocycles. The molecule has 0 radical (unpaired) electrons. The van der Waals surface area contributed by atoms with Gasteiger partial charge < -0.3 is 19.9 Å². The van der Waals surface area contributed by atoms with Crippen molar-refractivity contribution in [1.82, 2.24) is 4.90 Å². The van der Waals surface area contributed by atoms with Crippen molar-refractivity contribution in [2.45, 2.75) is 25.3 Å². The van der Waals surface area contributed by atoms with E-state index in [4.69, 9.17) is 19.9 Å². The molecule has 0 bridgehead atoms. The zero-order valence-electron chi connectivity index (χ0n) is 12.5. The molecular formula is C15H24N2O3. The third-order valence-electron chi connectivity index (χ3n) is 4.02. The van der Waals surface area contributed by atoms with Gasteiger partial charge in [0.25, 0.3) is 0 Å². The normalized spacial score (nSPS) is 19.1. The second kappa shape index (κ2) is 6.54. The summed E-state index contributed by atoms with van der Waals surface area (Å²) in [5.74, 6) is 0.945. The molecule has 0 aromatic heterocycles.